The van der Waals surface area contributed by atoms with Crippen molar-refractivity contribution in [2.75, 3.05) is 5.32 Å². The van der Waals surface area contributed by atoms with Crippen LogP contribution >= 0.6 is 11.3 Å². The highest BCUT2D eigenvalue weighted by atomic mass is 32.1. The minimum atomic E-state index is -0.115. The second kappa shape index (κ2) is 6.18. The fourth-order valence-corrected chi connectivity index (χ4v) is 3.25. The molecule has 0 aliphatic heterocycles. The molecule has 0 spiro atoms. The van der Waals surface area contributed by atoms with Crippen LogP contribution in [0.15, 0.2) is 58.3 Å². The molecule has 0 aliphatic carbocycles. The van der Waals surface area contributed by atoms with Gasteiger partial charge < -0.3 is 9.73 Å². The lowest BCUT2D eigenvalue weighted by Crippen LogP contribution is -2.09. The summed E-state index contributed by atoms with van der Waals surface area (Å²) >= 11 is 1.41. The van der Waals surface area contributed by atoms with Gasteiger partial charge in [0.05, 0.1) is 4.88 Å². The van der Waals surface area contributed by atoms with Crippen LogP contribution in [-0.2, 0) is 0 Å². The molecule has 25 heavy (non-hydrogen) atoms. The molecule has 0 saturated heterocycles. The van der Waals surface area contributed by atoms with Gasteiger partial charge in [0.25, 0.3) is 5.91 Å². The molecule has 0 fully saturated rings. The van der Waals surface area contributed by atoms with Crippen LogP contribution in [0.2, 0.25) is 0 Å². The zero-order valence-corrected chi connectivity index (χ0v) is 14.7. The Morgan fingerprint density at radius 1 is 1.08 bits per heavy atom. The van der Waals surface area contributed by atoms with E-state index in [-0.39, 0.29) is 5.91 Å². The average molecular weight is 348 g/mol. The van der Waals surface area contributed by atoms with Crippen molar-refractivity contribution in [1.29, 1.82) is 0 Å². The number of aryl methyl sites for hydroxylation is 2. The van der Waals surface area contributed by atoms with Crippen LogP contribution < -0.4 is 5.32 Å². The molecule has 1 amide bonds. The Balaban J connectivity index is 1.66. The van der Waals surface area contributed by atoms with Crippen LogP contribution in [0.5, 0.6) is 0 Å². The average Bonchev–Trinajstić information content (AvgIpc) is 3.25. The zero-order valence-electron chi connectivity index (χ0n) is 13.9. The van der Waals surface area contributed by atoms with Crippen LogP contribution in [0, 0.1) is 13.8 Å². The highest BCUT2D eigenvalue weighted by molar-refractivity contribution is 7.12. The number of amides is 1. The SMILES string of the molecule is Cc1cc2nc(-c3cccc(NC(=O)c4cccs4)c3)oc2cc1C. The Morgan fingerprint density at radius 2 is 1.92 bits per heavy atom. The van der Waals surface area contributed by atoms with Crippen LogP contribution in [0.4, 0.5) is 5.69 Å². The molecule has 1 N–H and O–H groups in total. The van der Waals surface area contributed by atoms with Crippen LogP contribution in [-0.4, -0.2) is 10.9 Å². The second-order valence-corrected chi connectivity index (χ2v) is 6.88. The Hall–Kier alpha value is -2.92. The summed E-state index contributed by atoms with van der Waals surface area (Å²) in [4.78, 5) is 17.5. The molecule has 2 heterocycles. The summed E-state index contributed by atoms with van der Waals surface area (Å²) in [5.41, 5.74) is 5.51. The first kappa shape index (κ1) is 15.6. The van der Waals surface area contributed by atoms with Crippen molar-refractivity contribution in [2.45, 2.75) is 13.8 Å². The third kappa shape index (κ3) is 3.06. The van der Waals surface area contributed by atoms with Crippen molar-refractivity contribution in [3.8, 4) is 11.5 Å². The van der Waals surface area contributed by atoms with Crippen LogP contribution in [0.25, 0.3) is 22.6 Å². The number of hydrogen-bond donors (Lipinski definition) is 1. The van der Waals surface area contributed by atoms with Gasteiger partial charge in [-0.3, -0.25) is 4.79 Å². The first-order valence-electron chi connectivity index (χ1n) is 7.93. The van der Waals surface area contributed by atoms with E-state index in [1.807, 2.05) is 47.8 Å². The summed E-state index contributed by atoms with van der Waals surface area (Å²) in [5.74, 6) is 0.434. The Labute approximate surface area is 149 Å². The summed E-state index contributed by atoms with van der Waals surface area (Å²) < 4.78 is 5.90. The number of benzene rings is 2. The molecule has 2 aromatic heterocycles. The van der Waals surface area contributed by atoms with Gasteiger partial charge >= 0.3 is 0 Å². The molecule has 4 rings (SSSR count). The van der Waals surface area contributed by atoms with Gasteiger partial charge in [-0.05, 0) is 66.8 Å². The fourth-order valence-electron chi connectivity index (χ4n) is 2.63. The lowest BCUT2D eigenvalue weighted by Gasteiger charge is -2.04. The molecule has 0 bridgehead atoms. The maximum Gasteiger partial charge on any atom is 0.265 e. The number of fused-ring (bicyclic) bond motifs is 1. The molecule has 4 nitrogen and oxygen atoms in total. The largest absolute Gasteiger partial charge is 0.436 e. The van der Waals surface area contributed by atoms with Gasteiger partial charge in [0.15, 0.2) is 5.58 Å². The normalized spacial score (nSPS) is 11.0. The fraction of sp³-hybridized carbons (Fsp3) is 0.100. The monoisotopic (exact) mass is 348 g/mol. The molecular formula is C20H16N2O2S. The maximum atomic E-state index is 12.2. The van der Waals surface area contributed by atoms with Crippen molar-refractivity contribution in [1.82, 2.24) is 4.98 Å². The Bertz CT molecular complexity index is 1030. The van der Waals surface area contributed by atoms with E-state index in [0.29, 0.717) is 16.5 Å². The third-order valence-electron chi connectivity index (χ3n) is 4.12. The van der Waals surface area contributed by atoms with Gasteiger partial charge in [0.1, 0.15) is 5.52 Å². The summed E-state index contributed by atoms with van der Waals surface area (Å²) in [6, 6.07) is 15.2. The number of carbonyl (C=O) groups excluding carboxylic acids is 1. The molecule has 0 atom stereocenters. The summed E-state index contributed by atoms with van der Waals surface area (Å²) in [7, 11) is 0. The topological polar surface area (TPSA) is 55.1 Å². The number of carbonyl (C=O) groups is 1. The summed E-state index contributed by atoms with van der Waals surface area (Å²) in [6.45, 7) is 4.11. The van der Waals surface area contributed by atoms with Gasteiger partial charge in [-0.25, -0.2) is 4.98 Å². The van der Waals surface area contributed by atoms with E-state index in [9.17, 15) is 4.79 Å². The summed E-state index contributed by atoms with van der Waals surface area (Å²) in [5, 5.41) is 4.79. The number of hydrogen-bond acceptors (Lipinski definition) is 4. The van der Waals surface area contributed by atoms with Crippen LogP contribution in [0.3, 0.4) is 0 Å². The van der Waals surface area contributed by atoms with E-state index >= 15 is 0 Å². The van der Waals surface area contributed by atoms with Crippen molar-refractivity contribution < 1.29 is 9.21 Å². The van der Waals surface area contributed by atoms with Crippen molar-refractivity contribution in [3.05, 3.63) is 69.9 Å². The Kier molecular flexibility index (Phi) is 3.86. The Morgan fingerprint density at radius 3 is 2.72 bits per heavy atom. The molecule has 0 unspecified atom stereocenters. The highest BCUT2D eigenvalue weighted by Crippen LogP contribution is 2.28. The van der Waals surface area contributed by atoms with E-state index in [1.54, 1.807) is 6.07 Å². The molecule has 0 radical (unpaired) electrons. The molecule has 124 valence electrons. The molecule has 2 aromatic carbocycles. The number of oxazole rings is 1. The number of rotatable bonds is 3. The van der Waals surface area contributed by atoms with Gasteiger partial charge in [-0.15, -0.1) is 11.3 Å². The van der Waals surface area contributed by atoms with E-state index < -0.39 is 0 Å². The van der Waals surface area contributed by atoms with Gasteiger partial charge in [-0.1, -0.05) is 12.1 Å². The summed E-state index contributed by atoms with van der Waals surface area (Å²) in [6.07, 6.45) is 0. The number of aromatic nitrogens is 1. The van der Waals surface area contributed by atoms with E-state index in [2.05, 4.69) is 24.1 Å². The lowest BCUT2D eigenvalue weighted by atomic mass is 10.1. The smallest absolute Gasteiger partial charge is 0.265 e. The maximum absolute atomic E-state index is 12.2. The molecule has 4 aromatic rings. The number of thiophene rings is 1. The first-order valence-corrected chi connectivity index (χ1v) is 8.81. The predicted octanol–water partition coefficient (Wildman–Crippen LogP) is 5.43. The van der Waals surface area contributed by atoms with Crippen LogP contribution in [0.1, 0.15) is 20.8 Å². The molecule has 0 aliphatic rings. The predicted molar refractivity (Wildman–Crippen MR) is 101 cm³/mol. The van der Waals surface area contributed by atoms with E-state index in [4.69, 9.17) is 4.42 Å². The lowest BCUT2D eigenvalue weighted by molar-refractivity contribution is 0.103. The van der Waals surface area contributed by atoms with Gasteiger partial charge in [0, 0.05) is 11.3 Å². The molecular weight excluding hydrogens is 332 g/mol. The third-order valence-corrected chi connectivity index (χ3v) is 4.98. The minimum Gasteiger partial charge on any atom is -0.436 e. The van der Waals surface area contributed by atoms with Gasteiger partial charge in [0.2, 0.25) is 5.89 Å². The second-order valence-electron chi connectivity index (χ2n) is 5.94. The zero-order chi connectivity index (χ0) is 17.4. The van der Waals surface area contributed by atoms with Crippen molar-refractivity contribution >= 4 is 34.0 Å². The standard InChI is InChI=1S/C20H16N2O2S/c1-12-9-16-17(10-13(12)2)24-20(22-16)14-5-3-6-15(11-14)21-19(23)18-7-4-8-25-18/h3-11H,1-2H3,(H,21,23). The van der Waals surface area contributed by atoms with E-state index in [1.165, 1.54) is 22.5 Å². The highest BCUT2D eigenvalue weighted by Gasteiger charge is 2.12. The minimum absolute atomic E-state index is 0.115. The van der Waals surface area contributed by atoms with Gasteiger partial charge in [-0.2, -0.15) is 0 Å². The number of anilines is 1. The molecule has 5 heteroatoms. The van der Waals surface area contributed by atoms with Crippen molar-refractivity contribution in [2.24, 2.45) is 0 Å². The first-order chi connectivity index (χ1) is 12.1. The number of nitrogens with zero attached hydrogens (tertiary/aromatic N) is 1. The van der Waals surface area contributed by atoms with E-state index in [0.717, 1.165) is 16.7 Å². The number of nitrogens with one attached hydrogen (secondary N) is 1. The molecule has 0 saturated carbocycles. The van der Waals surface area contributed by atoms with Crippen molar-refractivity contribution in [3.63, 3.8) is 0 Å². The quantitative estimate of drug-likeness (QED) is 0.537.